The van der Waals surface area contributed by atoms with Gasteiger partial charge in [-0.05, 0) is 36.4 Å². The standard InChI is InChI=1S/C16H16Cl2FNO/c1-2-20-9-11-6-7-14(19)12(8-11)10-21-15-5-3-4-13(17)16(15)18/h3-8,20H,2,9-10H2,1H3. The maximum absolute atomic E-state index is 13.8. The van der Waals surface area contributed by atoms with E-state index in [-0.39, 0.29) is 12.4 Å². The molecule has 2 aromatic carbocycles. The van der Waals surface area contributed by atoms with Crippen LogP contribution in [0.25, 0.3) is 0 Å². The number of halogens is 3. The summed E-state index contributed by atoms with van der Waals surface area (Å²) in [7, 11) is 0. The molecule has 0 bridgehead atoms. The average molecular weight is 328 g/mol. The topological polar surface area (TPSA) is 21.3 Å². The van der Waals surface area contributed by atoms with Gasteiger partial charge in [0.2, 0.25) is 0 Å². The molecule has 1 N–H and O–H groups in total. The molecular weight excluding hydrogens is 312 g/mol. The van der Waals surface area contributed by atoms with E-state index in [9.17, 15) is 4.39 Å². The maximum atomic E-state index is 13.8. The van der Waals surface area contributed by atoms with Crippen molar-refractivity contribution in [2.75, 3.05) is 6.54 Å². The van der Waals surface area contributed by atoms with E-state index in [1.807, 2.05) is 6.92 Å². The first-order valence-corrected chi connectivity index (χ1v) is 7.42. The van der Waals surface area contributed by atoms with Gasteiger partial charge in [0.25, 0.3) is 0 Å². The van der Waals surface area contributed by atoms with Gasteiger partial charge in [-0.1, -0.05) is 42.3 Å². The third-order valence-corrected chi connectivity index (χ3v) is 3.79. The van der Waals surface area contributed by atoms with Crippen LogP contribution in [0.5, 0.6) is 5.75 Å². The largest absolute Gasteiger partial charge is 0.487 e. The van der Waals surface area contributed by atoms with Crippen LogP contribution in [-0.2, 0) is 13.2 Å². The van der Waals surface area contributed by atoms with Crippen LogP contribution in [0.2, 0.25) is 10.0 Å². The summed E-state index contributed by atoms with van der Waals surface area (Å²) in [4.78, 5) is 0. The van der Waals surface area contributed by atoms with E-state index in [2.05, 4.69) is 5.32 Å². The Labute approximate surface area is 133 Å². The molecule has 0 unspecified atom stereocenters. The molecule has 2 aromatic rings. The molecule has 0 aromatic heterocycles. The number of benzene rings is 2. The minimum atomic E-state index is -0.298. The molecule has 0 saturated heterocycles. The van der Waals surface area contributed by atoms with Gasteiger partial charge in [0.05, 0.1) is 5.02 Å². The highest BCUT2D eigenvalue weighted by molar-refractivity contribution is 6.42. The first-order chi connectivity index (χ1) is 10.1. The Morgan fingerprint density at radius 3 is 2.76 bits per heavy atom. The van der Waals surface area contributed by atoms with Crippen molar-refractivity contribution >= 4 is 23.2 Å². The first-order valence-electron chi connectivity index (χ1n) is 6.66. The van der Waals surface area contributed by atoms with Gasteiger partial charge in [-0.15, -0.1) is 0 Å². The highest BCUT2D eigenvalue weighted by atomic mass is 35.5. The SMILES string of the molecule is CCNCc1ccc(F)c(COc2cccc(Cl)c2Cl)c1. The fourth-order valence-corrected chi connectivity index (χ4v) is 2.22. The highest BCUT2D eigenvalue weighted by Crippen LogP contribution is 2.32. The molecule has 0 aliphatic carbocycles. The third kappa shape index (κ3) is 4.34. The maximum Gasteiger partial charge on any atom is 0.139 e. The minimum absolute atomic E-state index is 0.103. The van der Waals surface area contributed by atoms with E-state index in [0.717, 1.165) is 12.1 Å². The Hall–Kier alpha value is -1.29. The smallest absolute Gasteiger partial charge is 0.139 e. The van der Waals surface area contributed by atoms with Crippen LogP contribution >= 0.6 is 23.2 Å². The second-order valence-corrected chi connectivity index (χ2v) is 5.33. The number of hydrogen-bond acceptors (Lipinski definition) is 2. The zero-order chi connectivity index (χ0) is 15.2. The van der Waals surface area contributed by atoms with Crippen LogP contribution in [0.4, 0.5) is 4.39 Å². The Bertz CT molecular complexity index is 619. The van der Waals surface area contributed by atoms with Crippen molar-refractivity contribution in [2.45, 2.75) is 20.1 Å². The monoisotopic (exact) mass is 327 g/mol. The lowest BCUT2D eigenvalue weighted by molar-refractivity contribution is 0.300. The molecule has 0 heterocycles. The van der Waals surface area contributed by atoms with Crippen molar-refractivity contribution < 1.29 is 9.13 Å². The molecule has 21 heavy (non-hydrogen) atoms. The number of rotatable bonds is 6. The molecule has 0 fully saturated rings. The van der Waals surface area contributed by atoms with Crippen LogP contribution in [0.15, 0.2) is 36.4 Å². The van der Waals surface area contributed by atoms with Crippen LogP contribution in [-0.4, -0.2) is 6.54 Å². The summed E-state index contributed by atoms with van der Waals surface area (Å²) in [6, 6.07) is 10.1. The lowest BCUT2D eigenvalue weighted by atomic mass is 10.1. The number of hydrogen-bond donors (Lipinski definition) is 1. The molecule has 2 rings (SSSR count). The van der Waals surface area contributed by atoms with Crippen molar-refractivity contribution in [3.8, 4) is 5.75 Å². The van der Waals surface area contributed by atoms with Gasteiger partial charge >= 0.3 is 0 Å². The minimum Gasteiger partial charge on any atom is -0.487 e. The van der Waals surface area contributed by atoms with Crippen molar-refractivity contribution in [2.24, 2.45) is 0 Å². The van der Waals surface area contributed by atoms with Gasteiger partial charge in [0, 0.05) is 12.1 Å². The quantitative estimate of drug-likeness (QED) is 0.821. The Morgan fingerprint density at radius 2 is 2.00 bits per heavy atom. The summed E-state index contributed by atoms with van der Waals surface area (Å²) < 4.78 is 19.4. The Morgan fingerprint density at radius 1 is 1.19 bits per heavy atom. The van der Waals surface area contributed by atoms with E-state index < -0.39 is 0 Å². The molecule has 0 saturated carbocycles. The molecule has 0 aliphatic heterocycles. The van der Waals surface area contributed by atoms with Crippen molar-refractivity contribution in [1.29, 1.82) is 0 Å². The molecule has 0 aliphatic rings. The van der Waals surface area contributed by atoms with E-state index in [0.29, 0.717) is 27.9 Å². The van der Waals surface area contributed by atoms with E-state index in [1.54, 1.807) is 30.3 Å². The van der Waals surface area contributed by atoms with Crippen molar-refractivity contribution in [1.82, 2.24) is 5.32 Å². The molecule has 0 spiro atoms. The average Bonchev–Trinajstić information content (AvgIpc) is 2.49. The Kier molecular flexibility index (Phi) is 5.85. The van der Waals surface area contributed by atoms with Gasteiger partial charge in [-0.25, -0.2) is 4.39 Å². The number of nitrogens with one attached hydrogen (secondary N) is 1. The second kappa shape index (κ2) is 7.64. The lowest BCUT2D eigenvalue weighted by Crippen LogP contribution is -2.12. The van der Waals surface area contributed by atoms with Gasteiger partial charge < -0.3 is 10.1 Å². The van der Waals surface area contributed by atoms with Crippen molar-refractivity contribution in [3.05, 3.63) is 63.4 Å². The molecule has 0 atom stereocenters. The predicted octanol–water partition coefficient (Wildman–Crippen LogP) is 4.82. The van der Waals surface area contributed by atoms with E-state index in [4.69, 9.17) is 27.9 Å². The second-order valence-electron chi connectivity index (χ2n) is 4.55. The van der Waals surface area contributed by atoms with Crippen LogP contribution < -0.4 is 10.1 Å². The summed E-state index contributed by atoms with van der Waals surface area (Å²) in [5, 5.41) is 3.95. The van der Waals surface area contributed by atoms with E-state index >= 15 is 0 Å². The van der Waals surface area contributed by atoms with Gasteiger partial charge in [0.15, 0.2) is 0 Å². The highest BCUT2D eigenvalue weighted by Gasteiger charge is 2.08. The van der Waals surface area contributed by atoms with Gasteiger partial charge in [0.1, 0.15) is 23.2 Å². The summed E-state index contributed by atoms with van der Waals surface area (Å²) >= 11 is 12.0. The molecule has 0 radical (unpaired) electrons. The van der Waals surface area contributed by atoms with Crippen LogP contribution in [0.3, 0.4) is 0 Å². The van der Waals surface area contributed by atoms with E-state index in [1.165, 1.54) is 6.07 Å². The van der Waals surface area contributed by atoms with Crippen LogP contribution in [0, 0.1) is 5.82 Å². The predicted molar refractivity (Wildman–Crippen MR) is 84.6 cm³/mol. The van der Waals surface area contributed by atoms with Gasteiger partial charge in [-0.2, -0.15) is 0 Å². The van der Waals surface area contributed by atoms with Crippen LogP contribution in [0.1, 0.15) is 18.1 Å². The zero-order valence-electron chi connectivity index (χ0n) is 11.6. The summed E-state index contributed by atoms with van der Waals surface area (Å²) in [5.74, 6) is 0.147. The zero-order valence-corrected chi connectivity index (χ0v) is 13.1. The molecule has 0 amide bonds. The lowest BCUT2D eigenvalue weighted by Gasteiger charge is -2.11. The van der Waals surface area contributed by atoms with Gasteiger partial charge in [-0.3, -0.25) is 0 Å². The third-order valence-electron chi connectivity index (χ3n) is 2.99. The first kappa shape index (κ1) is 16.1. The summed E-state index contributed by atoms with van der Waals surface area (Å²) in [6.07, 6.45) is 0. The number of ether oxygens (including phenoxy) is 1. The molecular formula is C16H16Cl2FNO. The molecule has 112 valence electrons. The fraction of sp³-hybridized carbons (Fsp3) is 0.250. The van der Waals surface area contributed by atoms with Crippen molar-refractivity contribution in [3.63, 3.8) is 0 Å². The molecule has 2 nitrogen and oxygen atoms in total. The summed E-state index contributed by atoms with van der Waals surface area (Å²) in [5.41, 5.74) is 1.50. The summed E-state index contributed by atoms with van der Waals surface area (Å²) in [6.45, 7) is 3.68. The fourth-order valence-electron chi connectivity index (χ4n) is 1.87. The molecule has 5 heteroatoms. The normalized spacial score (nSPS) is 10.7. The Balaban J connectivity index is 2.10.